The van der Waals surface area contributed by atoms with Crippen LogP contribution in [0.1, 0.15) is 29.5 Å². The second-order valence-electron chi connectivity index (χ2n) is 9.47. The number of hydrogen-bond donors (Lipinski definition) is 2. The molecule has 2 heterocycles. The van der Waals surface area contributed by atoms with Gasteiger partial charge in [-0.2, -0.15) is 17.9 Å². The van der Waals surface area contributed by atoms with E-state index in [9.17, 15) is 36.3 Å². The monoisotopic (exact) mass is 551 g/mol. The molecule has 2 aliphatic rings. The summed E-state index contributed by atoms with van der Waals surface area (Å²) < 4.78 is 67.0. The highest BCUT2D eigenvalue weighted by atomic mass is 32.2. The number of rotatable bonds is 8. The highest BCUT2D eigenvalue weighted by Crippen LogP contribution is 2.27. The molecule has 0 fully saturated rings. The van der Waals surface area contributed by atoms with Gasteiger partial charge in [-0.15, -0.1) is 0 Å². The summed E-state index contributed by atoms with van der Waals surface area (Å²) in [6.07, 6.45) is -2.27. The Balaban J connectivity index is 1.45. The van der Waals surface area contributed by atoms with Gasteiger partial charge in [-0.25, -0.2) is 8.42 Å². The van der Waals surface area contributed by atoms with E-state index in [0.717, 1.165) is 17.7 Å². The molecule has 0 aliphatic carbocycles. The van der Waals surface area contributed by atoms with Gasteiger partial charge < -0.3 is 10.0 Å². The summed E-state index contributed by atoms with van der Waals surface area (Å²) in [5, 5.41) is 9.76. The van der Waals surface area contributed by atoms with E-state index in [-0.39, 0.29) is 36.4 Å². The van der Waals surface area contributed by atoms with Crippen molar-refractivity contribution in [3.63, 3.8) is 0 Å². The summed E-state index contributed by atoms with van der Waals surface area (Å²) >= 11 is 0. The number of fused-ring (bicyclic) bond motifs is 1. The number of carbonyl (C=O) groups is 2. The van der Waals surface area contributed by atoms with Crippen molar-refractivity contribution in [3.05, 3.63) is 76.9 Å². The van der Waals surface area contributed by atoms with Crippen LogP contribution in [0.2, 0.25) is 0 Å². The number of carboxylic acids is 1. The van der Waals surface area contributed by atoms with Gasteiger partial charge in [0.1, 0.15) is 6.04 Å². The average Bonchev–Trinajstić information content (AvgIpc) is 2.87. The van der Waals surface area contributed by atoms with Crippen LogP contribution in [0.5, 0.6) is 0 Å². The SMILES string of the molecule is O=C(O)[C@H](CC1=CCCN(Cc2ccccc2)C1)NS(=O)(=O)c1ccc2c(c1)CN(C(=O)C(F)(F)F)CC2. The van der Waals surface area contributed by atoms with Crippen LogP contribution >= 0.6 is 0 Å². The molecule has 8 nitrogen and oxygen atoms in total. The van der Waals surface area contributed by atoms with Gasteiger partial charge in [0.25, 0.3) is 0 Å². The molecule has 2 aromatic carbocycles. The number of aliphatic carboxylic acids is 1. The zero-order valence-electron chi connectivity index (χ0n) is 20.4. The van der Waals surface area contributed by atoms with E-state index in [4.69, 9.17) is 0 Å². The fourth-order valence-electron chi connectivity index (χ4n) is 4.76. The Morgan fingerprint density at radius 1 is 1.03 bits per heavy atom. The molecule has 2 aromatic rings. The topological polar surface area (TPSA) is 107 Å². The third kappa shape index (κ3) is 6.80. The van der Waals surface area contributed by atoms with E-state index in [0.29, 0.717) is 30.0 Å². The third-order valence-electron chi connectivity index (χ3n) is 6.65. The van der Waals surface area contributed by atoms with Crippen molar-refractivity contribution in [3.8, 4) is 0 Å². The number of carbonyl (C=O) groups excluding carboxylic acids is 1. The molecule has 0 bridgehead atoms. The molecular weight excluding hydrogens is 523 g/mol. The zero-order valence-corrected chi connectivity index (χ0v) is 21.3. The Hall–Kier alpha value is -3.22. The van der Waals surface area contributed by atoms with Crippen molar-refractivity contribution < 1.29 is 36.3 Å². The number of amides is 1. The molecule has 0 aromatic heterocycles. The molecule has 1 atom stereocenters. The first kappa shape index (κ1) is 27.8. The highest BCUT2D eigenvalue weighted by molar-refractivity contribution is 7.89. The summed E-state index contributed by atoms with van der Waals surface area (Å²) in [4.78, 5) is 26.1. The van der Waals surface area contributed by atoms with Gasteiger partial charge in [-0.05, 0) is 48.1 Å². The van der Waals surface area contributed by atoms with Crippen molar-refractivity contribution >= 4 is 21.9 Å². The summed E-state index contributed by atoms with van der Waals surface area (Å²) in [7, 11) is -4.31. The summed E-state index contributed by atoms with van der Waals surface area (Å²) in [5.41, 5.74) is 2.83. The number of carboxylic acid groups (broad SMARTS) is 1. The second-order valence-corrected chi connectivity index (χ2v) is 11.2. The third-order valence-corrected chi connectivity index (χ3v) is 8.12. The Morgan fingerprint density at radius 3 is 2.45 bits per heavy atom. The predicted octanol–water partition coefficient (Wildman–Crippen LogP) is 3.09. The minimum absolute atomic E-state index is 0.0291. The lowest BCUT2D eigenvalue weighted by Gasteiger charge is -2.30. The fourth-order valence-corrected chi connectivity index (χ4v) is 6.00. The van der Waals surface area contributed by atoms with Crippen LogP contribution in [0.15, 0.2) is 65.1 Å². The van der Waals surface area contributed by atoms with Gasteiger partial charge in [0.2, 0.25) is 10.0 Å². The Kier molecular flexibility index (Phi) is 8.24. The van der Waals surface area contributed by atoms with Gasteiger partial charge in [-0.3, -0.25) is 14.5 Å². The minimum Gasteiger partial charge on any atom is -0.480 e. The first-order valence-corrected chi connectivity index (χ1v) is 13.6. The molecule has 1 amide bonds. The molecular formula is C26H28F3N3O5S. The number of sulfonamides is 1. The van der Waals surface area contributed by atoms with Crippen LogP contribution in [-0.4, -0.2) is 67.1 Å². The van der Waals surface area contributed by atoms with Gasteiger partial charge in [0.15, 0.2) is 0 Å². The molecule has 38 heavy (non-hydrogen) atoms. The molecule has 0 spiro atoms. The summed E-state index contributed by atoms with van der Waals surface area (Å²) in [6.45, 7) is 1.47. The first-order valence-electron chi connectivity index (χ1n) is 12.1. The number of nitrogens with one attached hydrogen (secondary N) is 1. The van der Waals surface area contributed by atoms with Crippen LogP contribution in [0.4, 0.5) is 13.2 Å². The summed E-state index contributed by atoms with van der Waals surface area (Å²) in [5.74, 6) is -3.32. The van der Waals surface area contributed by atoms with E-state index in [1.807, 2.05) is 36.4 Å². The number of alkyl halides is 3. The van der Waals surface area contributed by atoms with E-state index >= 15 is 0 Å². The maximum absolute atomic E-state index is 13.1. The summed E-state index contributed by atoms with van der Waals surface area (Å²) in [6, 6.07) is 12.4. The zero-order chi connectivity index (χ0) is 27.5. The van der Waals surface area contributed by atoms with Crippen LogP contribution in [0.25, 0.3) is 0 Å². The van der Waals surface area contributed by atoms with E-state index in [1.54, 1.807) is 0 Å². The van der Waals surface area contributed by atoms with Crippen molar-refractivity contribution in [1.82, 2.24) is 14.5 Å². The molecule has 2 aliphatic heterocycles. The largest absolute Gasteiger partial charge is 0.480 e. The highest BCUT2D eigenvalue weighted by Gasteiger charge is 2.43. The number of halogens is 3. The van der Waals surface area contributed by atoms with Gasteiger partial charge in [0, 0.05) is 32.7 Å². The normalized spacial score (nSPS) is 17.4. The standard InChI is InChI=1S/C26H28F3N3O5S/c27-26(28,29)25(35)32-12-10-20-8-9-22(14-21(20)17-32)38(36,37)30-23(24(33)34)13-19-7-4-11-31(16-19)15-18-5-2-1-3-6-18/h1-3,5-9,14,23,30H,4,10-13,15-17H2,(H,33,34)/t23-/m0/s1. The average molecular weight is 552 g/mol. The fraction of sp³-hybridized carbons (Fsp3) is 0.385. The maximum atomic E-state index is 13.1. The Bertz CT molecular complexity index is 1330. The predicted molar refractivity (Wildman–Crippen MR) is 132 cm³/mol. The Labute approximate surface area is 218 Å². The number of nitrogens with zero attached hydrogens (tertiary/aromatic N) is 2. The smallest absolute Gasteiger partial charge is 0.471 e. The van der Waals surface area contributed by atoms with Crippen molar-refractivity contribution in [1.29, 1.82) is 0 Å². The molecule has 0 unspecified atom stereocenters. The quantitative estimate of drug-likeness (QED) is 0.489. The van der Waals surface area contributed by atoms with Gasteiger partial charge >= 0.3 is 18.1 Å². The molecule has 12 heteroatoms. The number of benzene rings is 2. The van der Waals surface area contributed by atoms with Gasteiger partial charge in [-0.1, -0.05) is 48.0 Å². The number of hydrogen-bond acceptors (Lipinski definition) is 5. The van der Waals surface area contributed by atoms with Crippen LogP contribution in [0, 0.1) is 0 Å². The van der Waals surface area contributed by atoms with E-state index in [2.05, 4.69) is 9.62 Å². The molecule has 4 rings (SSSR count). The Morgan fingerprint density at radius 2 is 1.76 bits per heavy atom. The molecule has 204 valence electrons. The van der Waals surface area contributed by atoms with Gasteiger partial charge in [0.05, 0.1) is 4.90 Å². The van der Waals surface area contributed by atoms with Crippen molar-refractivity contribution in [2.75, 3.05) is 19.6 Å². The molecule has 0 radical (unpaired) electrons. The molecule has 0 saturated carbocycles. The lowest BCUT2D eigenvalue weighted by Crippen LogP contribution is -2.44. The lowest BCUT2D eigenvalue weighted by molar-refractivity contribution is -0.186. The van der Waals surface area contributed by atoms with E-state index < -0.39 is 34.1 Å². The van der Waals surface area contributed by atoms with Crippen LogP contribution in [-0.2, 0) is 39.1 Å². The first-order chi connectivity index (χ1) is 17.9. The minimum atomic E-state index is -5.03. The van der Waals surface area contributed by atoms with Crippen LogP contribution in [0.3, 0.4) is 0 Å². The van der Waals surface area contributed by atoms with E-state index in [1.165, 1.54) is 18.2 Å². The van der Waals surface area contributed by atoms with Crippen LogP contribution < -0.4 is 4.72 Å². The van der Waals surface area contributed by atoms with Crippen molar-refractivity contribution in [2.45, 2.75) is 49.5 Å². The molecule has 2 N–H and O–H groups in total. The molecule has 0 saturated heterocycles. The lowest BCUT2D eigenvalue weighted by atomic mass is 10.00. The van der Waals surface area contributed by atoms with Crippen molar-refractivity contribution in [2.24, 2.45) is 0 Å². The second kappa shape index (κ2) is 11.3. The maximum Gasteiger partial charge on any atom is 0.471 e.